The van der Waals surface area contributed by atoms with Crippen molar-refractivity contribution in [3.05, 3.63) is 64.0 Å². The van der Waals surface area contributed by atoms with E-state index in [9.17, 15) is 9.18 Å². The first-order valence-electron chi connectivity index (χ1n) is 10.3. The maximum Gasteiger partial charge on any atom is 0.264 e. The normalized spacial score (nSPS) is 15.1. The number of nitrogens with zero attached hydrogens (tertiary/aromatic N) is 5. The van der Waals surface area contributed by atoms with E-state index in [0.717, 1.165) is 39.2 Å². The molecule has 0 aliphatic carbocycles. The first-order chi connectivity index (χ1) is 15.0. The monoisotopic (exact) mass is 439 g/mol. The zero-order valence-electron chi connectivity index (χ0n) is 17.3. The second-order valence-electron chi connectivity index (χ2n) is 7.95. The number of aryl methyl sites for hydroxylation is 2. The van der Waals surface area contributed by atoms with Crippen LogP contribution < -0.4 is 0 Å². The Morgan fingerprint density at radius 3 is 2.65 bits per heavy atom. The number of hydrogen-bond acceptors (Lipinski definition) is 6. The molecular formula is C22H22FN5O2S. The largest absolute Gasteiger partial charge is 0.339 e. The van der Waals surface area contributed by atoms with E-state index in [0.29, 0.717) is 31.3 Å². The first-order valence-corrected chi connectivity index (χ1v) is 11.1. The first kappa shape index (κ1) is 19.9. The Bertz CT molecular complexity index is 1230. The number of aromatic nitrogens is 4. The van der Waals surface area contributed by atoms with Gasteiger partial charge in [0.05, 0.1) is 17.1 Å². The molecule has 0 unspecified atom stereocenters. The lowest BCUT2D eigenvalue weighted by Crippen LogP contribution is -2.37. The van der Waals surface area contributed by atoms with Gasteiger partial charge in [-0.15, -0.1) is 11.3 Å². The minimum absolute atomic E-state index is 0.0501. The van der Waals surface area contributed by atoms with Gasteiger partial charge in [-0.25, -0.2) is 4.39 Å². The molecule has 1 aliphatic heterocycles. The summed E-state index contributed by atoms with van der Waals surface area (Å²) in [5.41, 5.74) is 1.85. The minimum atomic E-state index is -0.257. The SMILES string of the molecule is Cc1noc(C2CCN(C(=O)c3cc4c(C)nn(Cc5ccc(F)cc5)c4s3)CC2)n1. The van der Waals surface area contributed by atoms with Crippen molar-refractivity contribution in [1.29, 1.82) is 0 Å². The Labute approximate surface area is 182 Å². The van der Waals surface area contributed by atoms with Crippen LogP contribution in [0.25, 0.3) is 10.2 Å². The molecule has 0 atom stereocenters. The smallest absolute Gasteiger partial charge is 0.264 e. The van der Waals surface area contributed by atoms with Crippen molar-refractivity contribution in [3.8, 4) is 0 Å². The van der Waals surface area contributed by atoms with Gasteiger partial charge in [-0.1, -0.05) is 17.3 Å². The summed E-state index contributed by atoms with van der Waals surface area (Å²) in [4.78, 5) is 21.1. The van der Waals surface area contributed by atoms with Crippen LogP contribution in [0.1, 0.15) is 51.4 Å². The molecule has 5 rings (SSSR count). The zero-order valence-corrected chi connectivity index (χ0v) is 18.2. The Morgan fingerprint density at radius 2 is 1.97 bits per heavy atom. The van der Waals surface area contributed by atoms with Crippen LogP contribution in [0.4, 0.5) is 4.39 Å². The van der Waals surface area contributed by atoms with Gasteiger partial charge in [-0.05, 0) is 50.5 Å². The molecule has 1 fully saturated rings. The highest BCUT2D eigenvalue weighted by atomic mass is 32.1. The number of hydrogen-bond donors (Lipinski definition) is 0. The van der Waals surface area contributed by atoms with E-state index < -0.39 is 0 Å². The zero-order chi connectivity index (χ0) is 21.5. The lowest BCUT2D eigenvalue weighted by molar-refractivity contribution is 0.0709. The van der Waals surface area contributed by atoms with Crippen molar-refractivity contribution in [2.45, 2.75) is 39.2 Å². The van der Waals surface area contributed by atoms with Gasteiger partial charge in [-0.2, -0.15) is 10.1 Å². The summed E-state index contributed by atoms with van der Waals surface area (Å²) in [5, 5.41) is 9.47. The summed E-state index contributed by atoms with van der Waals surface area (Å²) < 4.78 is 20.4. The fraction of sp³-hybridized carbons (Fsp3) is 0.364. The summed E-state index contributed by atoms with van der Waals surface area (Å²) in [5.74, 6) is 1.31. The molecule has 0 saturated carbocycles. The molecule has 1 amide bonds. The lowest BCUT2D eigenvalue weighted by Gasteiger charge is -2.30. The van der Waals surface area contributed by atoms with Crippen molar-refractivity contribution in [3.63, 3.8) is 0 Å². The van der Waals surface area contributed by atoms with E-state index in [1.165, 1.54) is 23.5 Å². The number of halogens is 1. The number of piperidine rings is 1. The number of rotatable bonds is 4. The number of benzene rings is 1. The van der Waals surface area contributed by atoms with Gasteiger partial charge in [0.2, 0.25) is 5.89 Å². The summed E-state index contributed by atoms with van der Waals surface area (Å²) in [6.45, 7) is 5.63. The van der Waals surface area contributed by atoms with Crippen molar-refractivity contribution < 1.29 is 13.7 Å². The summed E-state index contributed by atoms with van der Waals surface area (Å²) in [7, 11) is 0. The van der Waals surface area contributed by atoms with E-state index in [2.05, 4.69) is 15.2 Å². The van der Waals surface area contributed by atoms with E-state index >= 15 is 0 Å². The van der Waals surface area contributed by atoms with Crippen LogP contribution in [-0.2, 0) is 6.54 Å². The maximum atomic E-state index is 13.2. The van der Waals surface area contributed by atoms with Gasteiger partial charge >= 0.3 is 0 Å². The molecule has 31 heavy (non-hydrogen) atoms. The highest BCUT2D eigenvalue weighted by Gasteiger charge is 2.29. The van der Waals surface area contributed by atoms with Crippen LogP contribution in [0.2, 0.25) is 0 Å². The second kappa shape index (κ2) is 7.88. The Hall–Kier alpha value is -3.07. The van der Waals surface area contributed by atoms with E-state index in [1.807, 2.05) is 29.5 Å². The van der Waals surface area contributed by atoms with Crippen LogP contribution in [0, 0.1) is 19.7 Å². The number of fused-ring (bicyclic) bond motifs is 1. The number of carbonyl (C=O) groups excluding carboxylic acids is 1. The van der Waals surface area contributed by atoms with Crippen molar-refractivity contribution in [1.82, 2.24) is 24.8 Å². The van der Waals surface area contributed by atoms with Crippen LogP contribution >= 0.6 is 11.3 Å². The summed E-state index contributed by atoms with van der Waals surface area (Å²) >= 11 is 1.46. The van der Waals surface area contributed by atoms with Gasteiger partial charge in [0, 0.05) is 24.4 Å². The third-order valence-corrected chi connectivity index (χ3v) is 6.87. The molecule has 4 heterocycles. The Balaban J connectivity index is 1.32. The van der Waals surface area contributed by atoms with E-state index in [1.54, 1.807) is 12.1 Å². The predicted molar refractivity (Wildman–Crippen MR) is 115 cm³/mol. The third kappa shape index (κ3) is 3.85. The van der Waals surface area contributed by atoms with Crippen LogP contribution in [0.5, 0.6) is 0 Å². The topological polar surface area (TPSA) is 77.0 Å². The molecule has 0 N–H and O–H groups in total. The molecule has 0 bridgehead atoms. The molecule has 160 valence electrons. The van der Waals surface area contributed by atoms with Crippen molar-refractivity contribution in [2.24, 2.45) is 0 Å². The van der Waals surface area contributed by atoms with E-state index in [4.69, 9.17) is 4.52 Å². The molecule has 0 spiro atoms. The summed E-state index contributed by atoms with van der Waals surface area (Å²) in [6.07, 6.45) is 1.63. The number of amides is 1. The van der Waals surface area contributed by atoms with Gasteiger partial charge in [0.1, 0.15) is 10.6 Å². The quantitative estimate of drug-likeness (QED) is 0.474. The molecule has 0 radical (unpaired) electrons. The Kier molecular flexibility index (Phi) is 5.05. The van der Waals surface area contributed by atoms with E-state index in [-0.39, 0.29) is 17.6 Å². The average Bonchev–Trinajstić information content (AvgIpc) is 3.47. The molecule has 3 aromatic heterocycles. The van der Waals surface area contributed by atoms with Gasteiger partial charge in [0.15, 0.2) is 5.82 Å². The Morgan fingerprint density at radius 1 is 1.23 bits per heavy atom. The molecule has 4 aromatic rings. The molecule has 9 heteroatoms. The number of carbonyl (C=O) groups is 1. The molecule has 7 nitrogen and oxygen atoms in total. The third-order valence-electron chi connectivity index (χ3n) is 5.74. The van der Waals surface area contributed by atoms with Crippen LogP contribution in [0.3, 0.4) is 0 Å². The lowest BCUT2D eigenvalue weighted by atomic mass is 9.96. The molecule has 1 aliphatic rings. The standard InChI is InChI=1S/C22H22FN5O2S/c1-13-18-11-19(31-22(18)28(25-13)12-15-3-5-17(23)6-4-15)21(29)27-9-7-16(8-10-27)20-24-14(2)26-30-20/h3-6,11,16H,7-10,12H2,1-2H3. The fourth-order valence-electron chi connectivity index (χ4n) is 4.05. The second-order valence-corrected chi connectivity index (χ2v) is 8.98. The van der Waals surface area contributed by atoms with Gasteiger partial charge < -0.3 is 9.42 Å². The average molecular weight is 440 g/mol. The summed E-state index contributed by atoms with van der Waals surface area (Å²) in [6, 6.07) is 8.36. The fourth-order valence-corrected chi connectivity index (χ4v) is 5.18. The molecular weight excluding hydrogens is 417 g/mol. The van der Waals surface area contributed by atoms with Crippen molar-refractivity contribution in [2.75, 3.05) is 13.1 Å². The highest BCUT2D eigenvalue weighted by Crippen LogP contribution is 2.32. The number of likely N-dealkylation sites (tertiary alicyclic amines) is 1. The molecule has 1 aromatic carbocycles. The highest BCUT2D eigenvalue weighted by molar-refractivity contribution is 7.20. The maximum absolute atomic E-state index is 13.2. The minimum Gasteiger partial charge on any atom is -0.339 e. The predicted octanol–water partition coefficient (Wildman–Crippen LogP) is 4.30. The molecule has 1 saturated heterocycles. The van der Waals surface area contributed by atoms with Crippen LogP contribution in [0.15, 0.2) is 34.9 Å². The van der Waals surface area contributed by atoms with Gasteiger partial charge in [-0.3, -0.25) is 9.48 Å². The van der Waals surface area contributed by atoms with Crippen LogP contribution in [-0.4, -0.2) is 43.8 Å². The van der Waals surface area contributed by atoms with Gasteiger partial charge in [0.25, 0.3) is 5.91 Å². The van der Waals surface area contributed by atoms with Crippen molar-refractivity contribution >= 4 is 27.5 Å². The number of thiophene rings is 1.